The van der Waals surface area contributed by atoms with E-state index in [1.165, 1.54) is 17.1 Å². The first-order valence-electron chi connectivity index (χ1n) is 8.94. The quantitative estimate of drug-likeness (QED) is 0.713. The molecule has 0 fully saturated rings. The number of hydrogen-bond acceptors (Lipinski definition) is 5. The van der Waals surface area contributed by atoms with E-state index in [9.17, 15) is 23.1 Å². The molecule has 2 heterocycles. The number of aromatic nitrogens is 3. The molecule has 1 aliphatic rings. The van der Waals surface area contributed by atoms with E-state index in [4.69, 9.17) is 4.74 Å². The summed E-state index contributed by atoms with van der Waals surface area (Å²) in [7, 11) is 0. The normalized spacial score (nSPS) is 15.0. The first-order chi connectivity index (χ1) is 13.4. The smallest absolute Gasteiger partial charge is 0.390 e. The maximum atomic E-state index is 12.6. The minimum atomic E-state index is -4.25. The van der Waals surface area contributed by atoms with Crippen LogP contribution in [0.25, 0.3) is 5.57 Å². The van der Waals surface area contributed by atoms with Crippen LogP contribution in [0.2, 0.25) is 0 Å². The number of ether oxygens (including phenoxy) is 1. The number of hydrogen-bond donors (Lipinski definition) is 1. The van der Waals surface area contributed by atoms with Gasteiger partial charge in [0, 0.05) is 6.20 Å². The molecule has 0 atom stereocenters. The Hall–Kier alpha value is -2.84. The van der Waals surface area contributed by atoms with Gasteiger partial charge in [-0.1, -0.05) is 0 Å². The molecule has 0 spiro atoms. The Morgan fingerprint density at radius 1 is 1.25 bits per heavy atom. The Labute approximate surface area is 159 Å². The summed E-state index contributed by atoms with van der Waals surface area (Å²) in [6, 6.07) is 1.71. The molecule has 0 radical (unpaired) electrons. The molecule has 1 N–H and O–H groups in total. The summed E-state index contributed by atoms with van der Waals surface area (Å²) in [5.41, 5.74) is 2.54. The fourth-order valence-electron chi connectivity index (χ4n) is 3.28. The van der Waals surface area contributed by atoms with Crippen molar-refractivity contribution in [3.8, 4) is 11.5 Å². The maximum absolute atomic E-state index is 12.6. The number of carbonyl (C=O) groups is 1. The van der Waals surface area contributed by atoms with Crippen molar-refractivity contribution >= 4 is 11.9 Å². The van der Waals surface area contributed by atoms with Crippen LogP contribution in [0.3, 0.4) is 0 Å². The Morgan fingerprint density at radius 3 is 2.79 bits per heavy atom. The summed E-state index contributed by atoms with van der Waals surface area (Å²) in [6.45, 7) is -0.0823. The van der Waals surface area contributed by atoms with Gasteiger partial charge in [0.25, 0.3) is 0 Å². The van der Waals surface area contributed by atoms with Crippen molar-refractivity contribution in [3.63, 3.8) is 0 Å². The van der Waals surface area contributed by atoms with Gasteiger partial charge in [-0.2, -0.15) is 18.3 Å². The van der Waals surface area contributed by atoms with Crippen molar-refractivity contribution in [1.29, 1.82) is 0 Å². The molecule has 150 valence electrons. The standard InChI is InChI=1S/C19H20F3N3O3/c20-19(21,22)6-8-25-16(5-7-24-25)14-4-2-1-3-13(14)12-28-18-10-23-9-17(27)15(18)11-26/h5,7,9-11,27H,1-4,6,8,12H2. The molecule has 0 unspecified atom stereocenters. The van der Waals surface area contributed by atoms with Crippen molar-refractivity contribution in [1.82, 2.24) is 14.8 Å². The number of carbonyl (C=O) groups excluding carboxylic acids is 1. The highest BCUT2D eigenvalue weighted by Gasteiger charge is 2.28. The lowest BCUT2D eigenvalue weighted by Gasteiger charge is -2.22. The number of aromatic hydroxyl groups is 1. The summed E-state index contributed by atoms with van der Waals surface area (Å²) >= 11 is 0. The summed E-state index contributed by atoms with van der Waals surface area (Å²) in [5.74, 6) is -0.103. The van der Waals surface area contributed by atoms with E-state index in [-0.39, 0.29) is 30.2 Å². The minimum absolute atomic E-state index is 0.0168. The molecule has 0 aliphatic heterocycles. The first-order valence-corrected chi connectivity index (χ1v) is 8.94. The second-order valence-electron chi connectivity index (χ2n) is 6.57. The highest BCUT2D eigenvalue weighted by atomic mass is 19.4. The van der Waals surface area contributed by atoms with Crippen LogP contribution >= 0.6 is 0 Å². The molecule has 0 amide bonds. The monoisotopic (exact) mass is 395 g/mol. The van der Waals surface area contributed by atoms with Gasteiger partial charge in [-0.25, -0.2) is 0 Å². The number of aldehydes is 1. The largest absolute Gasteiger partial charge is 0.505 e. The van der Waals surface area contributed by atoms with Gasteiger partial charge in [0.1, 0.15) is 17.9 Å². The predicted octanol–water partition coefficient (Wildman–Crippen LogP) is 4.16. The first kappa shape index (κ1) is 19.9. The van der Waals surface area contributed by atoms with Gasteiger partial charge < -0.3 is 9.84 Å². The van der Waals surface area contributed by atoms with Gasteiger partial charge in [0.05, 0.1) is 31.1 Å². The van der Waals surface area contributed by atoms with Crippen molar-refractivity contribution in [2.24, 2.45) is 0 Å². The van der Waals surface area contributed by atoms with Crippen LogP contribution in [0.1, 0.15) is 48.2 Å². The van der Waals surface area contributed by atoms with Crippen LogP contribution in [0.15, 0.2) is 30.2 Å². The van der Waals surface area contributed by atoms with Crippen molar-refractivity contribution < 1.29 is 27.8 Å². The molecule has 3 rings (SSSR count). The third-order valence-corrected chi connectivity index (χ3v) is 4.66. The van der Waals surface area contributed by atoms with E-state index in [1.54, 1.807) is 6.07 Å². The molecular weight excluding hydrogens is 375 g/mol. The third-order valence-electron chi connectivity index (χ3n) is 4.66. The third kappa shape index (κ3) is 4.71. The Balaban J connectivity index is 1.83. The molecular formula is C19H20F3N3O3. The van der Waals surface area contributed by atoms with Crippen molar-refractivity contribution in [3.05, 3.63) is 41.5 Å². The fraction of sp³-hybridized carbons (Fsp3) is 0.421. The Morgan fingerprint density at radius 2 is 2.04 bits per heavy atom. The van der Waals surface area contributed by atoms with E-state index >= 15 is 0 Å². The van der Waals surface area contributed by atoms with Crippen molar-refractivity contribution in [2.45, 2.75) is 44.8 Å². The fourth-order valence-corrected chi connectivity index (χ4v) is 3.28. The lowest BCUT2D eigenvalue weighted by Crippen LogP contribution is -2.16. The Bertz CT molecular complexity index is 875. The van der Waals surface area contributed by atoms with E-state index in [1.807, 2.05) is 0 Å². The van der Waals surface area contributed by atoms with E-state index in [2.05, 4.69) is 10.1 Å². The van der Waals surface area contributed by atoms with Crippen LogP contribution in [0.5, 0.6) is 11.5 Å². The molecule has 0 bridgehead atoms. The van der Waals surface area contributed by atoms with E-state index in [0.29, 0.717) is 12.0 Å². The van der Waals surface area contributed by atoms with Gasteiger partial charge in [0.2, 0.25) is 0 Å². The topological polar surface area (TPSA) is 77.2 Å². The van der Waals surface area contributed by atoms with Crippen LogP contribution in [0.4, 0.5) is 13.2 Å². The number of pyridine rings is 1. The second kappa shape index (κ2) is 8.45. The van der Waals surface area contributed by atoms with E-state index in [0.717, 1.165) is 43.0 Å². The van der Waals surface area contributed by atoms with Gasteiger partial charge in [-0.05, 0) is 42.9 Å². The van der Waals surface area contributed by atoms with Crippen LogP contribution < -0.4 is 4.74 Å². The molecule has 0 saturated heterocycles. The number of rotatable bonds is 7. The SMILES string of the molecule is O=Cc1c(O)cncc1OCC1=C(c2ccnn2CCC(F)(F)F)CCCC1. The number of alkyl halides is 3. The Kier molecular flexibility index (Phi) is 6.01. The predicted molar refractivity (Wildman–Crippen MR) is 95.1 cm³/mol. The molecule has 2 aromatic heterocycles. The number of allylic oxidation sites excluding steroid dienone is 1. The molecule has 6 nitrogen and oxygen atoms in total. The zero-order chi connectivity index (χ0) is 20.1. The highest BCUT2D eigenvalue weighted by Crippen LogP contribution is 2.34. The average Bonchev–Trinajstić information content (AvgIpc) is 3.13. The summed E-state index contributed by atoms with van der Waals surface area (Å²) in [4.78, 5) is 15.0. The molecule has 1 aliphatic carbocycles. The summed E-state index contributed by atoms with van der Waals surface area (Å²) in [5, 5.41) is 13.7. The zero-order valence-electron chi connectivity index (χ0n) is 15.1. The zero-order valence-corrected chi connectivity index (χ0v) is 15.1. The maximum Gasteiger partial charge on any atom is 0.390 e. The van der Waals surface area contributed by atoms with Crippen molar-refractivity contribution in [2.75, 3.05) is 6.61 Å². The van der Waals surface area contributed by atoms with Crippen LogP contribution in [-0.2, 0) is 6.54 Å². The number of halogens is 3. The highest BCUT2D eigenvalue weighted by molar-refractivity contribution is 5.82. The number of aryl methyl sites for hydroxylation is 1. The molecule has 9 heteroatoms. The molecule has 2 aromatic rings. The molecule has 0 aromatic carbocycles. The van der Waals surface area contributed by atoms with Gasteiger partial charge in [-0.3, -0.25) is 14.5 Å². The average molecular weight is 395 g/mol. The lowest BCUT2D eigenvalue weighted by atomic mass is 9.90. The summed E-state index contributed by atoms with van der Waals surface area (Å²) < 4.78 is 44.8. The van der Waals surface area contributed by atoms with Crippen LogP contribution in [0, 0.1) is 0 Å². The summed E-state index contributed by atoms with van der Waals surface area (Å²) in [6.07, 6.45) is 2.62. The van der Waals surface area contributed by atoms with Gasteiger partial charge >= 0.3 is 6.18 Å². The second-order valence-corrected chi connectivity index (χ2v) is 6.57. The van der Waals surface area contributed by atoms with Crippen LogP contribution in [-0.4, -0.2) is 38.9 Å². The van der Waals surface area contributed by atoms with Gasteiger partial charge in [0.15, 0.2) is 12.0 Å². The lowest BCUT2D eigenvalue weighted by molar-refractivity contribution is -0.137. The number of nitrogens with zero attached hydrogens (tertiary/aromatic N) is 3. The minimum Gasteiger partial charge on any atom is -0.505 e. The molecule has 28 heavy (non-hydrogen) atoms. The van der Waals surface area contributed by atoms with E-state index < -0.39 is 12.6 Å². The molecule has 0 saturated carbocycles. The van der Waals surface area contributed by atoms with Gasteiger partial charge in [-0.15, -0.1) is 0 Å².